The monoisotopic (exact) mass is 259 g/mol. The van der Waals surface area contributed by atoms with Crippen LogP contribution in [0.4, 0.5) is 0 Å². The van der Waals surface area contributed by atoms with Gasteiger partial charge in [0, 0.05) is 6.04 Å². The van der Waals surface area contributed by atoms with E-state index in [2.05, 4.69) is 31.3 Å². The standard InChI is InChI=1S/C17H25NO/c1-4-8-18-17-11(2)14-7-5-6-12-9-13(19-3)10-15(17)16(12)14/h9-11,14,17-18H,4-8H2,1-3H3. The van der Waals surface area contributed by atoms with E-state index in [-0.39, 0.29) is 0 Å². The molecule has 0 fully saturated rings. The number of hydrogen-bond acceptors (Lipinski definition) is 2. The van der Waals surface area contributed by atoms with Gasteiger partial charge in [-0.15, -0.1) is 0 Å². The van der Waals surface area contributed by atoms with E-state index in [1.165, 1.54) is 31.2 Å². The second-order valence-electron chi connectivity index (χ2n) is 6.08. The van der Waals surface area contributed by atoms with Crippen LogP contribution in [0.15, 0.2) is 12.1 Å². The molecule has 0 saturated heterocycles. The first kappa shape index (κ1) is 13.0. The maximum absolute atomic E-state index is 5.50. The first-order valence-electron chi connectivity index (χ1n) is 7.70. The Balaban J connectivity index is 2.04. The van der Waals surface area contributed by atoms with Gasteiger partial charge in [-0.2, -0.15) is 0 Å². The van der Waals surface area contributed by atoms with Gasteiger partial charge < -0.3 is 10.1 Å². The van der Waals surface area contributed by atoms with Crippen molar-refractivity contribution in [2.45, 2.75) is 51.5 Å². The van der Waals surface area contributed by atoms with Crippen molar-refractivity contribution >= 4 is 0 Å². The summed E-state index contributed by atoms with van der Waals surface area (Å²) in [5.41, 5.74) is 4.70. The van der Waals surface area contributed by atoms with Gasteiger partial charge in [0.05, 0.1) is 7.11 Å². The van der Waals surface area contributed by atoms with E-state index in [1.54, 1.807) is 18.2 Å². The smallest absolute Gasteiger partial charge is 0.119 e. The second kappa shape index (κ2) is 5.16. The number of methoxy groups -OCH3 is 1. The molecule has 2 aliphatic carbocycles. The van der Waals surface area contributed by atoms with E-state index in [0.717, 1.165) is 18.2 Å². The minimum atomic E-state index is 0.520. The molecule has 3 rings (SSSR count). The van der Waals surface area contributed by atoms with Crippen molar-refractivity contribution in [1.29, 1.82) is 0 Å². The Kier molecular flexibility index (Phi) is 3.53. The lowest BCUT2D eigenvalue weighted by molar-refractivity contribution is 0.346. The highest BCUT2D eigenvalue weighted by atomic mass is 16.5. The molecule has 1 N–H and O–H groups in total. The molecule has 0 radical (unpaired) electrons. The molecule has 0 saturated carbocycles. The molecule has 0 amide bonds. The fourth-order valence-electron chi connectivity index (χ4n) is 4.04. The third-order valence-corrected chi connectivity index (χ3v) is 4.95. The average Bonchev–Trinajstić information content (AvgIpc) is 2.71. The third-order valence-electron chi connectivity index (χ3n) is 4.95. The van der Waals surface area contributed by atoms with Crippen molar-refractivity contribution in [1.82, 2.24) is 5.32 Å². The molecule has 0 heterocycles. The molecule has 2 nitrogen and oxygen atoms in total. The van der Waals surface area contributed by atoms with Crippen molar-refractivity contribution in [3.63, 3.8) is 0 Å². The minimum Gasteiger partial charge on any atom is -0.497 e. The minimum absolute atomic E-state index is 0.520. The summed E-state index contributed by atoms with van der Waals surface area (Å²) >= 11 is 0. The molecule has 2 aliphatic rings. The summed E-state index contributed by atoms with van der Waals surface area (Å²) in [4.78, 5) is 0. The number of aryl methyl sites for hydroxylation is 1. The lowest BCUT2D eigenvalue weighted by atomic mass is 9.80. The van der Waals surface area contributed by atoms with Crippen molar-refractivity contribution in [2.75, 3.05) is 13.7 Å². The maximum Gasteiger partial charge on any atom is 0.119 e. The normalized spacial score (nSPS) is 28.3. The topological polar surface area (TPSA) is 21.3 Å². The fourth-order valence-corrected chi connectivity index (χ4v) is 4.04. The van der Waals surface area contributed by atoms with Crippen molar-refractivity contribution < 1.29 is 4.74 Å². The number of rotatable bonds is 4. The van der Waals surface area contributed by atoms with Gasteiger partial charge in [-0.25, -0.2) is 0 Å². The molecular weight excluding hydrogens is 234 g/mol. The van der Waals surface area contributed by atoms with Crippen LogP contribution in [0, 0.1) is 5.92 Å². The van der Waals surface area contributed by atoms with Crippen molar-refractivity contribution in [3.05, 3.63) is 28.8 Å². The molecule has 1 aromatic carbocycles. The Morgan fingerprint density at radius 2 is 2.21 bits per heavy atom. The SMILES string of the molecule is CCCNC1c2cc(OC)cc3c2C(CCC3)C1C. The predicted octanol–water partition coefficient (Wildman–Crippen LogP) is 3.81. The highest BCUT2D eigenvalue weighted by Crippen LogP contribution is 2.52. The summed E-state index contributed by atoms with van der Waals surface area (Å²) in [6.45, 7) is 5.76. The van der Waals surface area contributed by atoms with Crippen LogP contribution in [-0.2, 0) is 6.42 Å². The van der Waals surface area contributed by atoms with Crippen molar-refractivity contribution in [3.8, 4) is 5.75 Å². The number of ether oxygens (including phenoxy) is 1. The highest BCUT2D eigenvalue weighted by molar-refractivity contribution is 5.51. The summed E-state index contributed by atoms with van der Waals surface area (Å²) in [5, 5.41) is 3.75. The van der Waals surface area contributed by atoms with Gasteiger partial charge in [0.25, 0.3) is 0 Å². The quantitative estimate of drug-likeness (QED) is 0.888. The van der Waals surface area contributed by atoms with Crippen LogP contribution in [0.3, 0.4) is 0 Å². The Morgan fingerprint density at radius 3 is 2.95 bits per heavy atom. The molecule has 0 aliphatic heterocycles. The molecule has 3 unspecified atom stereocenters. The third kappa shape index (κ3) is 2.06. The maximum atomic E-state index is 5.50. The van der Waals surface area contributed by atoms with Crippen LogP contribution in [-0.4, -0.2) is 13.7 Å². The summed E-state index contributed by atoms with van der Waals surface area (Å²) in [5.74, 6) is 2.51. The van der Waals surface area contributed by atoms with Gasteiger partial charge in [-0.3, -0.25) is 0 Å². The highest BCUT2D eigenvalue weighted by Gasteiger charge is 2.40. The van der Waals surface area contributed by atoms with Crippen LogP contribution >= 0.6 is 0 Å². The van der Waals surface area contributed by atoms with Crippen LogP contribution < -0.4 is 10.1 Å². The molecule has 0 aromatic heterocycles. The van der Waals surface area contributed by atoms with E-state index in [9.17, 15) is 0 Å². The summed E-state index contributed by atoms with van der Waals surface area (Å²) in [6, 6.07) is 5.06. The summed E-state index contributed by atoms with van der Waals surface area (Å²) < 4.78 is 5.50. The molecule has 0 spiro atoms. The summed E-state index contributed by atoms with van der Waals surface area (Å²) in [6.07, 6.45) is 5.11. The lowest BCUT2D eigenvalue weighted by Crippen LogP contribution is -2.25. The first-order valence-corrected chi connectivity index (χ1v) is 7.70. The molecule has 1 aromatic rings. The van der Waals surface area contributed by atoms with Gasteiger partial charge in [0.2, 0.25) is 0 Å². The van der Waals surface area contributed by atoms with Gasteiger partial charge in [0.15, 0.2) is 0 Å². The van der Waals surface area contributed by atoms with Gasteiger partial charge >= 0.3 is 0 Å². The average molecular weight is 259 g/mol. The second-order valence-corrected chi connectivity index (χ2v) is 6.08. The summed E-state index contributed by atoms with van der Waals surface area (Å²) in [7, 11) is 1.78. The van der Waals surface area contributed by atoms with Crippen LogP contribution in [0.25, 0.3) is 0 Å². The fraction of sp³-hybridized carbons (Fsp3) is 0.647. The van der Waals surface area contributed by atoms with Gasteiger partial charge in [-0.05, 0) is 72.9 Å². The zero-order valence-corrected chi connectivity index (χ0v) is 12.3. The van der Waals surface area contributed by atoms with E-state index in [4.69, 9.17) is 4.74 Å². The molecule has 19 heavy (non-hydrogen) atoms. The molecule has 0 bridgehead atoms. The van der Waals surface area contributed by atoms with Crippen LogP contribution in [0.2, 0.25) is 0 Å². The zero-order chi connectivity index (χ0) is 13.4. The van der Waals surface area contributed by atoms with E-state index in [1.807, 2.05) is 0 Å². The Hall–Kier alpha value is -1.02. The zero-order valence-electron chi connectivity index (χ0n) is 12.3. The molecule has 2 heteroatoms. The number of benzene rings is 1. The Bertz CT molecular complexity index is 469. The lowest BCUT2D eigenvalue weighted by Gasteiger charge is -2.25. The van der Waals surface area contributed by atoms with E-state index in [0.29, 0.717) is 12.0 Å². The van der Waals surface area contributed by atoms with Crippen LogP contribution in [0.1, 0.15) is 61.8 Å². The Morgan fingerprint density at radius 1 is 1.37 bits per heavy atom. The van der Waals surface area contributed by atoms with Crippen LogP contribution in [0.5, 0.6) is 5.75 Å². The largest absolute Gasteiger partial charge is 0.497 e. The van der Waals surface area contributed by atoms with Crippen molar-refractivity contribution in [2.24, 2.45) is 5.92 Å². The van der Waals surface area contributed by atoms with Gasteiger partial charge in [-0.1, -0.05) is 13.8 Å². The molecule has 104 valence electrons. The van der Waals surface area contributed by atoms with Gasteiger partial charge in [0.1, 0.15) is 5.75 Å². The Labute approximate surface area is 116 Å². The first-order chi connectivity index (χ1) is 9.26. The molecule has 3 atom stereocenters. The molecular formula is C17H25NO. The van der Waals surface area contributed by atoms with E-state index >= 15 is 0 Å². The number of hydrogen-bond donors (Lipinski definition) is 1. The predicted molar refractivity (Wildman–Crippen MR) is 78.9 cm³/mol. The van der Waals surface area contributed by atoms with E-state index < -0.39 is 0 Å². The number of nitrogens with one attached hydrogen (secondary N) is 1.